The summed E-state index contributed by atoms with van der Waals surface area (Å²) >= 11 is 1.86. The predicted octanol–water partition coefficient (Wildman–Crippen LogP) is 17.2. The molecule has 342 valence electrons. The van der Waals surface area contributed by atoms with E-state index >= 15 is 0 Å². The molecule has 5 aromatic heterocycles. The average Bonchev–Trinajstić information content (AvgIpc) is 4.18. The Hall–Kier alpha value is -8.39. The van der Waals surface area contributed by atoms with E-state index in [2.05, 4.69) is 207 Å². The molecule has 6 heterocycles. The molecule has 7 heteroatoms. The second-order valence-corrected chi connectivity index (χ2v) is 21.5. The molecule has 0 spiro atoms. The molecule has 4 atom stereocenters. The minimum atomic E-state index is -0.596. The molecule has 0 saturated carbocycles. The Labute approximate surface area is 418 Å². The topological polar surface area (TPSA) is 61.7 Å². The van der Waals surface area contributed by atoms with Crippen molar-refractivity contribution in [2.24, 2.45) is 5.92 Å². The zero-order chi connectivity index (χ0) is 47.7. The predicted molar refractivity (Wildman–Crippen MR) is 297 cm³/mol. The molecule has 0 saturated heterocycles. The van der Waals surface area contributed by atoms with E-state index in [1.807, 2.05) is 23.5 Å². The molecule has 6 nitrogen and oxygen atoms in total. The van der Waals surface area contributed by atoms with E-state index in [4.69, 9.17) is 19.4 Å². The van der Waals surface area contributed by atoms with Crippen LogP contribution in [0.4, 0.5) is 0 Å². The van der Waals surface area contributed by atoms with Crippen molar-refractivity contribution in [2.75, 3.05) is 0 Å². The van der Waals surface area contributed by atoms with Crippen molar-refractivity contribution in [3.05, 3.63) is 210 Å². The number of allylic oxidation sites excluding steroid dienone is 4. The molecule has 0 radical (unpaired) electrons. The van der Waals surface area contributed by atoms with Crippen LogP contribution in [-0.2, 0) is 5.41 Å². The van der Waals surface area contributed by atoms with Gasteiger partial charge in [-0.2, -0.15) is 0 Å². The van der Waals surface area contributed by atoms with Crippen LogP contribution < -0.4 is 0 Å². The first-order valence-electron chi connectivity index (χ1n) is 25.1. The molecule has 1 aliphatic heterocycles. The summed E-state index contributed by atoms with van der Waals surface area (Å²) < 4.78 is 13.8. The molecule has 8 aromatic carbocycles. The Balaban J connectivity index is 0.943. The van der Waals surface area contributed by atoms with Crippen LogP contribution in [0.25, 0.3) is 120 Å². The third-order valence-electron chi connectivity index (χ3n) is 16.6. The molecule has 4 unspecified atom stereocenters. The first-order valence-corrected chi connectivity index (χ1v) is 26.0. The lowest BCUT2D eigenvalue weighted by Crippen LogP contribution is -2.37. The summed E-state index contributed by atoms with van der Waals surface area (Å²) in [5.41, 5.74) is 17.2. The van der Waals surface area contributed by atoms with Crippen LogP contribution in [0, 0.1) is 5.92 Å². The van der Waals surface area contributed by atoms with Gasteiger partial charge in [0.1, 0.15) is 17.0 Å². The first kappa shape index (κ1) is 40.4. The molecule has 72 heavy (non-hydrogen) atoms. The second-order valence-electron chi connectivity index (χ2n) is 20.5. The highest BCUT2D eigenvalue weighted by atomic mass is 32.1. The van der Waals surface area contributed by atoms with Crippen LogP contribution in [0.3, 0.4) is 0 Å². The van der Waals surface area contributed by atoms with Gasteiger partial charge < -0.3 is 13.6 Å². The van der Waals surface area contributed by atoms with E-state index in [-0.39, 0.29) is 17.8 Å². The minimum absolute atomic E-state index is 0.0410. The molecule has 3 aliphatic rings. The summed E-state index contributed by atoms with van der Waals surface area (Å²) in [6, 6.07) is 62.0. The molecule has 6 bridgehead atoms. The van der Waals surface area contributed by atoms with Crippen LogP contribution >= 0.6 is 11.3 Å². The van der Waals surface area contributed by atoms with Gasteiger partial charge in [-0.25, -0.2) is 15.0 Å². The number of aromatic nitrogens is 5. The zero-order valence-electron chi connectivity index (χ0n) is 40.1. The summed E-state index contributed by atoms with van der Waals surface area (Å²) in [7, 11) is 0. The van der Waals surface area contributed by atoms with Crippen molar-refractivity contribution in [3.63, 3.8) is 0 Å². The number of thiophene rings is 1. The van der Waals surface area contributed by atoms with Gasteiger partial charge in [0.2, 0.25) is 0 Å². The minimum Gasteiger partial charge on any atom is -0.456 e. The van der Waals surface area contributed by atoms with E-state index in [9.17, 15) is 0 Å². The number of benzene rings is 8. The highest BCUT2D eigenvalue weighted by Crippen LogP contribution is 2.58. The number of fused-ring (bicyclic) bond motifs is 15. The quantitative estimate of drug-likeness (QED) is 0.166. The van der Waals surface area contributed by atoms with Gasteiger partial charge in [-0.1, -0.05) is 142 Å². The van der Waals surface area contributed by atoms with Crippen LogP contribution in [0.1, 0.15) is 56.6 Å². The third-order valence-corrected chi connectivity index (χ3v) is 17.9. The van der Waals surface area contributed by atoms with E-state index in [1.54, 1.807) is 0 Å². The number of nitrogens with zero attached hydrogens (tertiary/aromatic N) is 5. The molecule has 0 N–H and O–H groups in total. The molecule has 13 aromatic rings. The van der Waals surface area contributed by atoms with Crippen LogP contribution in [-0.4, -0.2) is 24.1 Å². The maximum absolute atomic E-state index is 6.26. The highest BCUT2D eigenvalue weighted by Gasteiger charge is 2.47. The van der Waals surface area contributed by atoms with E-state index < -0.39 is 5.41 Å². The molecule has 0 amide bonds. The Bertz CT molecular complexity index is 4600. The molecule has 0 fully saturated rings. The van der Waals surface area contributed by atoms with Crippen molar-refractivity contribution in [3.8, 4) is 45.3 Å². The van der Waals surface area contributed by atoms with Gasteiger partial charge in [0.25, 0.3) is 0 Å². The van der Waals surface area contributed by atoms with Crippen molar-refractivity contribution >= 4 is 86.2 Å². The zero-order valence-corrected chi connectivity index (χ0v) is 40.9. The normalized spacial score (nSPS) is 19.2. The number of hydrogen-bond acceptors (Lipinski definition) is 5. The van der Waals surface area contributed by atoms with Crippen molar-refractivity contribution in [1.29, 1.82) is 0 Å². The SMILES string of the molecule is CC1C=CC2(C)C3=C1C(C)c1c(n(c4ccc(-c5ccc6c(c5)c5ccccc5n6-c5ccc6oc7ccccc7c6c5)cc14)-c1cccc4c1sc1c(cccc14)-c1nc(-c4ccccc4)nc2n1)C3C. The van der Waals surface area contributed by atoms with Crippen LogP contribution in [0.2, 0.25) is 0 Å². The van der Waals surface area contributed by atoms with Gasteiger partial charge in [-0.15, -0.1) is 11.3 Å². The number of rotatable bonds is 3. The highest BCUT2D eigenvalue weighted by molar-refractivity contribution is 7.26. The van der Waals surface area contributed by atoms with E-state index in [0.717, 1.165) is 44.6 Å². The molecular weight excluding hydrogens is 899 g/mol. The van der Waals surface area contributed by atoms with Crippen molar-refractivity contribution in [2.45, 2.75) is 44.9 Å². The van der Waals surface area contributed by atoms with Crippen molar-refractivity contribution < 1.29 is 4.42 Å². The molecule has 2 aliphatic carbocycles. The van der Waals surface area contributed by atoms with Gasteiger partial charge in [-0.3, -0.25) is 0 Å². The fourth-order valence-corrected chi connectivity index (χ4v) is 14.7. The Morgan fingerprint density at radius 3 is 2.04 bits per heavy atom. The molecule has 16 rings (SSSR count). The second kappa shape index (κ2) is 14.4. The van der Waals surface area contributed by atoms with Gasteiger partial charge in [0.05, 0.1) is 32.4 Å². The third kappa shape index (κ3) is 5.30. The lowest BCUT2D eigenvalue weighted by Gasteiger charge is -2.44. The van der Waals surface area contributed by atoms with Crippen molar-refractivity contribution in [1.82, 2.24) is 24.1 Å². The monoisotopic (exact) mass is 943 g/mol. The Morgan fingerprint density at radius 1 is 0.514 bits per heavy atom. The summed E-state index contributed by atoms with van der Waals surface area (Å²) in [6.45, 7) is 9.63. The lowest BCUT2D eigenvalue weighted by atomic mass is 9.60. The van der Waals surface area contributed by atoms with Gasteiger partial charge in [0.15, 0.2) is 11.6 Å². The summed E-state index contributed by atoms with van der Waals surface area (Å²) in [5.74, 6) is 2.60. The summed E-state index contributed by atoms with van der Waals surface area (Å²) in [4.78, 5) is 16.3. The van der Waals surface area contributed by atoms with Gasteiger partial charge in [0, 0.05) is 76.7 Å². The fourth-order valence-electron chi connectivity index (χ4n) is 13.4. The largest absolute Gasteiger partial charge is 0.456 e. The smallest absolute Gasteiger partial charge is 0.165 e. The van der Waals surface area contributed by atoms with Crippen LogP contribution in [0.15, 0.2) is 198 Å². The lowest BCUT2D eigenvalue weighted by molar-refractivity contribution is 0.512. The number of hydrogen-bond donors (Lipinski definition) is 0. The standard InChI is InChI=1S/C65H45N5OS/c1-35-30-31-65(4)58-37(3)59-57(36(2)56(35)58)49-33-40(39-24-27-51-47(32-39)42-16-8-10-21-50(42)69(51)41-26-29-55-48(34-41)43-17-9-11-23-54(43)71-55)25-28-52(49)70(59)53-22-13-19-45-44-18-12-20-46(60(44)72-61(45)53)63-66-62(67-64(65)68-63)38-14-6-5-7-15-38/h5-37H,1-4H3. The molecular formula is C65H45N5OS. The summed E-state index contributed by atoms with van der Waals surface area (Å²) in [5, 5.41) is 8.49. The maximum Gasteiger partial charge on any atom is 0.165 e. The van der Waals surface area contributed by atoms with Gasteiger partial charge in [-0.05, 0) is 102 Å². The number of para-hydroxylation sites is 2. The fraction of sp³-hybridized carbons (Fsp3) is 0.123. The van der Waals surface area contributed by atoms with Gasteiger partial charge >= 0.3 is 0 Å². The average molecular weight is 944 g/mol. The maximum atomic E-state index is 6.26. The summed E-state index contributed by atoms with van der Waals surface area (Å²) in [6.07, 6.45) is 4.81. The first-order chi connectivity index (χ1) is 35.3. The Morgan fingerprint density at radius 2 is 1.19 bits per heavy atom. The Kier molecular flexibility index (Phi) is 8.05. The number of furan rings is 1. The van der Waals surface area contributed by atoms with E-state index in [1.165, 1.54) is 92.1 Å². The van der Waals surface area contributed by atoms with Crippen LogP contribution in [0.5, 0.6) is 0 Å². The van der Waals surface area contributed by atoms with E-state index in [0.29, 0.717) is 11.6 Å².